The molecule has 0 amide bonds. The summed E-state index contributed by atoms with van der Waals surface area (Å²) in [6, 6.07) is 13.0. The lowest BCUT2D eigenvalue weighted by atomic mass is 10.1. The van der Waals surface area contributed by atoms with Crippen LogP contribution in [0.25, 0.3) is 0 Å². The standard InChI is InChI=1S/C24H32O7/c1-4-5-13-29-19-8-10-20(11-9-19)30-14-6-15-31-21-12-7-18(16-22(21)27-2)17-23(28-3)24(25)26/h7-12,16,23H,4-6,13-15,17H2,1-3H3,(H,25,26). The second kappa shape index (κ2) is 13.4. The van der Waals surface area contributed by atoms with Crippen LogP contribution in [0.4, 0.5) is 0 Å². The predicted molar refractivity (Wildman–Crippen MR) is 118 cm³/mol. The molecule has 2 aromatic carbocycles. The van der Waals surface area contributed by atoms with Crippen molar-refractivity contribution < 1.29 is 33.6 Å². The maximum absolute atomic E-state index is 11.1. The minimum atomic E-state index is -1.000. The van der Waals surface area contributed by atoms with Crippen molar-refractivity contribution in [2.45, 2.75) is 38.7 Å². The molecule has 0 aliphatic rings. The number of unbranched alkanes of at least 4 members (excludes halogenated alkanes) is 1. The maximum Gasteiger partial charge on any atom is 0.333 e. The number of methoxy groups -OCH3 is 2. The molecular formula is C24H32O7. The van der Waals surface area contributed by atoms with E-state index in [0.717, 1.165) is 36.5 Å². The average Bonchev–Trinajstić information content (AvgIpc) is 2.78. The zero-order valence-corrected chi connectivity index (χ0v) is 18.5. The van der Waals surface area contributed by atoms with Crippen LogP contribution in [0.5, 0.6) is 23.0 Å². The number of aliphatic carboxylic acids is 1. The van der Waals surface area contributed by atoms with Gasteiger partial charge in [0.25, 0.3) is 0 Å². The van der Waals surface area contributed by atoms with Crippen LogP contribution in [0.15, 0.2) is 42.5 Å². The van der Waals surface area contributed by atoms with E-state index in [-0.39, 0.29) is 6.42 Å². The summed E-state index contributed by atoms with van der Waals surface area (Å²) in [5, 5.41) is 9.12. The van der Waals surface area contributed by atoms with Gasteiger partial charge in [-0.15, -0.1) is 0 Å². The van der Waals surface area contributed by atoms with Gasteiger partial charge in [0, 0.05) is 20.0 Å². The van der Waals surface area contributed by atoms with Crippen LogP contribution in [0.2, 0.25) is 0 Å². The van der Waals surface area contributed by atoms with E-state index in [1.165, 1.54) is 7.11 Å². The van der Waals surface area contributed by atoms with Gasteiger partial charge in [-0.2, -0.15) is 0 Å². The average molecular weight is 433 g/mol. The molecule has 31 heavy (non-hydrogen) atoms. The first-order chi connectivity index (χ1) is 15.1. The van der Waals surface area contributed by atoms with Gasteiger partial charge >= 0.3 is 5.97 Å². The summed E-state index contributed by atoms with van der Waals surface area (Å²) in [4.78, 5) is 11.1. The third kappa shape index (κ3) is 8.38. The third-order valence-electron chi connectivity index (χ3n) is 4.61. The summed E-state index contributed by atoms with van der Waals surface area (Å²) >= 11 is 0. The SMILES string of the molecule is CCCCOc1ccc(OCCCOc2ccc(CC(OC)C(=O)O)cc2OC)cc1. The van der Waals surface area contributed by atoms with Gasteiger partial charge in [-0.25, -0.2) is 4.79 Å². The zero-order valence-electron chi connectivity index (χ0n) is 18.5. The molecule has 0 saturated heterocycles. The fourth-order valence-corrected chi connectivity index (χ4v) is 2.84. The number of ether oxygens (including phenoxy) is 5. The highest BCUT2D eigenvalue weighted by molar-refractivity contribution is 5.72. The molecule has 0 spiro atoms. The highest BCUT2D eigenvalue weighted by Gasteiger charge is 2.18. The fourth-order valence-electron chi connectivity index (χ4n) is 2.84. The Morgan fingerprint density at radius 3 is 2.03 bits per heavy atom. The van der Waals surface area contributed by atoms with Crippen LogP contribution in [-0.2, 0) is 16.0 Å². The second-order valence-electron chi connectivity index (χ2n) is 6.98. The summed E-state index contributed by atoms with van der Waals surface area (Å²) in [6.07, 6.45) is 2.20. The Morgan fingerprint density at radius 1 is 0.871 bits per heavy atom. The van der Waals surface area contributed by atoms with Gasteiger partial charge < -0.3 is 28.8 Å². The summed E-state index contributed by atoms with van der Waals surface area (Å²) < 4.78 is 27.5. The normalized spacial score (nSPS) is 11.6. The highest BCUT2D eigenvalue weighted by atomic mass is 16.5. The minimum Gasteiger partial charge on any atom is -0.494 e. The largest absolute Gasteiger partial charge is 0.494 e. The van der Waals surface area contributed by atoms with Crippen molar-refractivity contribution in [2.75, 3.05) is 34.0 Å². The number of carboxylic acid groups (broad SMARTS) is 1. The van der Waals surface area contributed by atoms with Crippen LogP contribution in [0, 0.1) is 0 Å². The number of hydrogen-bond acceptors (Lipinski definition) is 6. The smallest absolute Gasteiger partial charge is 0.333 e. The first kappa shape index (κ1) is 24.3. The van der Waals surface area contributed by atoms with E-state index in [1.807, 2.05) is 30.3 Å². The quantitative estimate of drug-likeness (QED) is 0.419. The molecule has 0 aromatic heterocycles. The van der Waals surface area contributed by atoms with Gasteiger partial charge in [-0.1, -0.05) is 19.4 Å². The van der Waals surface area contributed by atoms with E-state index in [1.54, 1.807) is 19.2 Å². The number of rotatable bonds is 15. The molecule has 0 fully saturated rings. The molecule has 2 rings (SSSR count). The van der Waals surface area contributed by atoms with Gasteiger partial charge in [0.2, 0.25) is 0 Å². The molecule has 0 radical (unpaired) electrons. The van der Waals surface area contributed by atoms with Crippen LogP contribution in [-0.4, -0.2) is 51.2 Å². The second-order valence-corrected chi connectivity index (χ2v) is 6.98. The van der Waals surface area contributed by atoms with Crippen LogP contribution >= 0.6 is 0 Å². The van der Waals surface area contributed by atoms with Crippen LogP contribution < -0.4 is 18.9 Å². The Hall–Kier alpha value is -2.93. The van der Waals surface area contributed by atoms with Gasteiger partial charge in [-0.05, 0) is 48.4 Å². The molecule has 0 bridgehead atoms. The highest BCUT2D eigenvalue weighted by Crippen LogP contribution is 2.29. The Morgan fingerprint density at radius 2 is 1.48 bits per heavy atom. The van der Waals surface area contributed by atoms with Gasteiger partial charge in [0.15, 0.2) is 17.6 Å². The molecule has 1 N–H and O–H groups in total. The lowest BCUT2D eigenvalue weighted by Gasteiger charge is -2.14. The molecule has 0 saturated carbocycles. The Bertz CT molecular complexity index is 789. The van der Waals surface area contributed by atoms with E-state index in [2.05, 4.69) is 6.92 Å². The first-order valence-electron chi connectivity index (χ1n) is 10.5. The Labute approximate surface area is 183 Å². The van der Waals surface area contributed by atoms with Crippen molar-refractivity contribution in [1.29, 1.82) is 0 Å². The molecule has 0 heterocycles. The molecule has 7 nitrogen and oxygen atoms in total. The fraction of sp³-hybridized carbons (Fsp3) is 0.458. The number of carbonyl (C=O) groups is 1. The monoisotopic (exact) mass is 432 g/mol. The topological polar surface area (TPSA) is 83.5 Å². The summed E-state index contributed by atoms with van der Waals surface area (Å²) in [5.41, 5.74) is 0.795. The zero-order chi connectivity index (χ0) is 22.5. The van der Waals surface area contributed by atoms with Crippen molar-refractivity contribution in [3.05, 3.63) is 48.0 Å². The Kier molecular flexibility index (Phi) is 10.5. The summed E-state index contributed by atoms with van der Waals surface area (Å²) in [5.74, 6) is 1.79. The van der Waals surface area contributed by atoms with Crippen molar-refractivity contribution in [1.82, 2.24) is 0 Å². The number of carboxylic acids is 1. The molecule has 170 valence electrons. The number of benzene rings is 2. The van der Waals surface area contributed by atoms with Gasteiger partial charge in [0.1, 0.15) is 11.5 Å². The lowest BCUT2D eigenvalue weighted by molar-refractivity contribution is -0.148. The molecular weight excluding hydrogens is 400 g/mol. The van der Waals surface area contributed by atoms with Crippen LogP contribution in [0.1, 0.15) is 31.7 Å². The van der Waals surface area contributed by atoms with E-state index >= 15 is 0 Å². The molecule has 0 aliphatic heterocycles. The van der Waals surface area contributed by atoms with E-state index in [9.17, 15) is 4.79 Å². The molecule has 1 atom stereocenters. The predicted octanol–water partition coefficient (Wildman–Crippen LogP) is 4.36. The van der Waals surface area contributed by atoms with Crippen molar-refractivity contribution >= 4 is 5.97 Å². The van der Waals surface area contributed by atoms with Gasteiger partial charge in [-0.3, -0.25) is 0 Å². The van der Waals surface area contributed by atoms with Crippen molar-refractivity contribution in [3.8, 4) is 23.0 Å². The minimum absolute atomic E-state index is 0.249. The first-order valence-corrected chi connectivity index (χ1v) is 10.5. The van der Waals surface area contributed by atoms with Crippen molar-refractivity contribution in [3.63, 3.8) is 0 Å². The number of hydrogen-bond donors (Lipinski definition) is 1. The molecule has 7 heteroatoms. The van der Waals surface area contributed by atoms with E-state index in [0.29, 0.717) is 31.1 Å². The summed E-state index contributed by atoms with van der Waals surface area (Å²) in [6.45, 7) is 3.84. The maximum atomic E-state index is 11.1. The van der Waals surface area contributed by atoms with E-state index < -0.39 is 12.1 Å². The van der Waals surface area contributed by atoms with E-state index in [4.69, 9.17) is 28.8 Å². The molecule has 1 unspecified atom stereocenters. The lowest BCUT2D eigenvalue weighted by Crippen LogP contribution is -2.24. The Balaban J connectivity index is 1.75. The molecule has 2 aromatic rings. The third-order valence-corrected chi connectivity index (χ3v) is 4.61. The van der Waals surface area contributed by atoms with Gasteiger partial charge in [0.05, 0.1) is 26.9 Å². The molecule has 0 aliphatic carbocycles. The van der Waals surface area contributed by atoms with Crippen LogP contribution in [0.3, 0.4) is 0 Å². The summed E-state index contributed by atoms with van der Waals surface area (Å²) in [7, 11) is 2.93. The van der Waals surface area contributed by atoms with Crippen molar-refractivity contribution in [2.24, 2.45) is 0 Å².